The highest BCUT2D eigenvalue weighted by molar-refractivity contribution is 14.1. The van der Waals surface area contributed by atoms with Crippen LogP contribution in [0.3, 0.4) is 0 Å². The largest absolute Gasteiger partial charge is 0.0619 e. The van der Waals surface area contributed by atoms with Crippen molar-refractivity contribution in [3.05, 3.63) is 22.8 Å². The fourth-order valence-corrected chi connectivity index (χ4v) is 3.59. The molecule has 0 amide bonds. The SMILES string of the molecule is [SiH3]c1ccc(I)c(I)c1I. The molecule has 0 unspecified atom stereocenters. The molecule has 0 nitrogen and oxygen atoms in total. The van der Waals surface area contributed by atoms with E-state index in [4.69, 9.17) is 0 Å². The van der Waals surface area contributed by atoms with Crippen molar-refractivity contribution in [2.24, 2.45) is 0 Å². The van der Waals surface area contributed by atoms with Crippen molar-refractivity contribution in [3.8, 4) is 0 Å². The fourth-order valence-electron chi connectivity index (χ4n) is 0.622. The molecule has 54 valence electrons. The van der Waals surface area contributed by atoms with Gasteiger partial charge in [0.2, 0.25) is 0 Å². The Hall–Kier alpha value is 1.63. The lowest BCUT2D eigenvalue weighted by molar-refractivity contribution is 1.57. The van der Waals surface area contributed by atoms with Crippen molar-refractivity contribution in [1.29, 1.82) is 0 Å². The highest BCUT2D eigenvalue weighted by Gasteiger charge is 2.01. The van der Waals surface area contributed by atoms with Gasteiger partial charge in [-0.2, -0.15) is 0 Å². The number of hydrogen-bond donors (Lipinski definition) is 0. The van der Waals surface area contributed by atoms with Gasteiger partial charge in [0.1, 0.15) is 0 Å². The molecule has 1 rings (SSSR count). The van der Waals surface area contributed by atoms with E-state index in [9.17, 15) is 0 Å². The third-order valence-electron chi connectivity index (χ3n) is 1.23. The molecule has 0 aromatic heterocycles. The maximum absolute atomic E-state index is 2.42. The predicted molar refractivity (Wildman–Crippen MR) is 74.2 cm³/mol. The Morgan fingerprint density at radius 3 is 2.10 bits per heavy atom. The summed E-state index contributed by atoms with van der Waals surface area (Å²) in [5, 5.41) is 1.51. The fraction of sp³-hybridized carbons (Fsp3) is 0. The van der Waals surface area contributed by atoms with E-state index in [0.29, 0.717) is 0 Å². The minimum absolute atomic E-state index is 1.16. The molecule has 4 heteroatoms. The number of benzene rings is 1. The Morgan fingerprint density at radius 1 is 1.00 bits per heavy atom. The summed E-state index contributed by atoms with van der Waals surface area (Å²) in [6.45, 7) is 0. The van der Waals surface area contributed by atoms with Gasteiger partial charge in [-0.1, -0.05) is 11.3 Å². The molecule has 0 aliphatic carbocycles. The molecule has 1 aromatic rings. The minimum Gasteiger partial charge on any atom is -0.0619 e. The maximum Gasteiger partial charge on any atom is 0.0399 e. The van der Waals surface area contributed by atoms with Crippen LogP contribution in [-0.4, -0.2) is 10.2 Å². The topological polar surface area (TPSA) is 0 Å². The molecular formula is C6H5I3Si. The number of hydrogen-bond acceptors (Lipinski definition) is 0. The second-order valence-corrected chi connectivity index (χ2v) is 6.39. The molecule has 0 fully saturated rings. The highest BCUT2D eigenvalue weighted by Crippen LogP contribution is 2.18. The van der Waals surface area contributed by atoms with Crippen molar-refractivity contribution in [2.75, 3.05) is 0 Å². The van der Waals surface area contributed by atoms with Crippen LogP contribution < -0.4 is 5.19 Å². The Labute approximate surface area is 104 Å². The zero-order valence-electron chi connectivity index (χ0n) is 5.29. The van der Waals surface area contributed by atoms with Crippen molar-refractivity contribution >= 4 is 83.2 Å². The molecule has 0 aliphatic heterocycles. The summed E-state index contributed by atoms with van der Waals surface area (Å²) in [5.41, 5.74) is 0. The Balaban J connectivity index is 3.34. The Morgan fingerprint density at radius 2 is 1.60 bits per heavy atom. The van der Waals surface area contributed by atoms with Gasteiger partial charge in [-0.3, -0.25) is 0 Å². The van der Waals surface area contributed by atoms with Crippen LogP contribution in [0.2, 0.25) is 0 Å². The molecule has 0 radical (unpaired) electrons. The third-order valence-corrected chi connectivity index (χ3v) is 8.55. The van der Waals surface area contributed by atoms with Crippen LogP contribution >= 0.6 is 67.8 Å². The monoisotopic (exact) mass is 486 g/mol. The van der Waals surface area contributed by atoms with Gasteiger partial charge < -0.3 is 0 Å². The zero-order chi connectivity index (χ0) is 7.72. The maximum atomic E-state index is 2.42. The predicted octanol–water partition coefficient (Wildman–Crippen LogP) is 1.49. The van der Waals surface area contributed by atoms with Crippen molar-refractivity contribution < 1.29 is 0 Å². The molecule has 0 N–H and O–H groups in total. The van der Waals surface area contributed by atoms with E-state index in [1.807, 2.05) is 0 Å². The quantitative estimate of drug-likeness (QED) is 0.297. The van der Waals surface area contributed by atoms with Gasteiger partial charge in [0.05, 0.1) is 0 Å². The number of rotatable bonds is 0. The smallest absolute Gasteiger partial charge is 0.0399 e. The Kier molecular flexibility index (Phi) is 3.92. The molecule has 0 aliphatic rings. The standard InChI is InChI=1S/C6H5I3Si/c7-3-1-2-4(10)6(9)5(3)8/h1-2H,10H3. The van der Waals surface area contributed by atoms with Gasteiger partial charge in [-0.25, -0.2) is 0 Å². The van der Waals surface area contributed by atoms with Gasteiger partial charge in [0, 0.05) is 21.0 Å². The van der Waals surface area contributed by atoms with E-state index in [1.54, 1.807) is 0 Å². The first-order valence-corrected chi connectivity index (χ1v) is 6.96. The highest BCUT2D eigenvalue weighted by atomic mass is 127. The third kappa shape index (κ3) is 2.06. The lowest BCUT2D eigenvalue weighted by Gasteiger charge is -2.01. The molecule has 0 bridgehead atoms. The first kappa shape index (κ1) is 9.71. The second kappa shape index (κ2) is 4.03. The van der Waals surface area contributed by atoms with Crippen LogP contribution in [0, 0.1) is 10.7 Å². The van der Waals surface area contributed by atoms with E-state index in [0.717, 1.165) is 10.2 Å². The van der Waals surface area contributed by atoms with Crippen LogP contribution in [-0.2, 0) is 0 Å². The molecule has 0 saturated heterocycles. The zero-order valence-corrected chi connectivity index (χ0v) is 13.8. The first-order valence-electron chi connectivity index (χ1n) is 2.73. The summed E-state index contributed by atoms with van der Waals surface area (Å²) < 4.78 is 4.21. The van der Waals surface area contributed by atoms with Crippen LogP contribution in [0.25, 0.3) is 0 Å². The summed E-state index contributed by atoms with van der Waals surface area (Å²) in [5.74, 6) is 0. The van der Waals surface area contributed by atoms with Crippen LogP contribution in [0.15, 0.2) is 12.1 Å². The van der Waals surface area contributed by atoms with E-state index in [-0.39, 0.29) is 0 Å². The summed E-state index contributed by atoms with van der Waals surface area (Å²) in [7, 11) is 1.16. The lowest BCUT2D eigenvalue weighted by atomic mass is 10.4. The van der Waals surface area contributed by atoms with Crippen molar-refractivity contribution in [2.45, 2.75) is 0 Å². The number of halogens is 3. The average molecular weight is 486 g/mol. The van der Waals surface area contributed by atoms with E-state index < -0.39 is 0 Å². The van der Waals surface area contributed by atoms with E-state index >= 15 is 0 Å². The summed E-state index contributed by atoms with van der Waals surface area (Å²) in [6, 6.07) is 4.41. The molecular weight excluding hydrogens is 481 g/mol. The van der Waals surface area contributed by atoms with Crippen LogP contribution in [0.5, 0.6) is 0 Å². The normalized spacial score (nSPS) is 10.3. The summed E-state index contributed by atoms with van der Waals surface area (Å²) in [6.07, 6.45) is 0. The van der Waals surface area contributed by atoms with E-state index in [2.05, 4.69) is 79.9 Å². The molecule has 1 aromatic carbocycles. The molecule has 10 heavy (non-hydrogen) atoms. The summed E-state index contributed by atoms with van der Waals surface area (Å²) in [4.78, 5) is 0. The van der Waals surface area contributed by atoms with Crippen LogP contribution in [0.1, 0.15) is 0 Å². The first-order chi connectivity index (χ1) is 4.63. The van der Waals surface area contributed by atoms with Crippen LogP contribution in [0.4, 0.5) is 0 Å². The second-order valence-electron chi connectivity index (χ2n) is 1.99. The van der Waals surface area contributed by atoms with Crippen molar-refractivity contribution in [3.63, 3.8) is 0 Å². The molecule has 0 atom stereocenters. The van der Waals surface area contributed by atoms with Gasteiger partial charge in [0.25, 0.3) is 0 Å². The van der Waals surface area contributed by atoms with Gasteiger partial charge in [-0.05, 0) is 73.8 Å². The van der Waals surface area contributed by atoms with Gasteiger partial charge in [-0.15, -0.1) is 0 Å². The van der Waals surface area contributed by atoms with Gasteiger partial charge in [0.15, 0.2) is 0 Å². The molecule has 0 spiro atoms. The molecule has 0 heterocycles. The summed E-state index contributed by atoms with van der Waals surface area (Å²) >= 11 is 7.19. The lowest BCUT2D eigenvalue weighted by Crippen LogP contribution is -2.09. The van der Waals surface area contributed by atoms with Crippen molar-refractivity contribution in [1.82, 2.24) is 0 Å². The molecule has 0 saturated carbocycles. The van der Waals surface area contributed by atoms with Gasteiger partial charge >= 0.3 is 0 Å². The minimum atomic E-state index is 1.16. The van der Waals surface area contributed by atoms with E-state index in [1.165, 1.54) is 15.9 Å². The Bertz CT molecular complexity index is 232. The average Bonchev–Trinajstić information content (AvgIpc) is 1.93.